The maximum absolute atomic E-state index is 13.7. The van der Waals surface area contributed by atoms with Crippen molar-refractivity contribution in [3.8, 4) is 11.3 Å². The van der Waals surface area contributed by atoms with E-state index >= 15 is 0 Å². The van der Waals surface area contributed by atoms with Gasteiger partial charge in [-0.3, -0.25) is 19.5 Å². The predicted octanol–water partition coefficient (Wildman–Crippen LogP) is 4.41. The van der Waals surface area contributed by atoms with Crippen molar-refractivity contribution in [1.29, 1.82) is 0 Å². The van der Waals surface area contributed by atoms with Crippen LogP contribution in [-0.2, 0) is 9.53 Å². The molecule has 198 valence electrons. The van der Waals surface area contributed by atoms with Gasteiger partial charge in [0.05, 0.1) is 33.4 Å². The summed E-state index contributed by atoms with van der Waals surface area (Å²) in [6.45, 7) is 5.15. The number of nitrogens with zero attached hydrogens (tertiary/aromatic N) is 3. The van der Waals surface area contributed by atoms with Crippen molar-refractivity contribution in [2.45, 2.75) is 26.8 Å². The first kappa shape index (κ1) is 26.0. The summed E-state index contributed by atoms with van der Waals surface area (Å²) < 4.78 is 26.5. The van der Waals surface area contributed by atoms with Crippen LogP contribution in [0.25, 0.3) is 17.4 Å². The summed E-state index contributed by atoms with van der Waals surface area (Å²) in [5.41, 5.74) is 1.76. The van der Waals surface area contributed by atoms with Crippen molar-refractivity contribution < 1.29 is 23.3 Å². The first-order valence-corrected chi connectivity index (χ1v) is 12.8. The van der Waals surface area contributed by atoms with Crippen LogP contribution in [0.5, 0.6) is 0 Å². The van der Waals surface area contributed by atoms with E-state index in [1.807, 2.05) is 0 Å². The number of carbonyl (C=O) groups is 1. The van der Waals surface area contributed by atoms with Crippen LogP contribution in [0.4, 0.5) is 10.1 Å². The Kier molecular flexibility index (Phi) is 6.83. The molecule has 2 aromatic heterocycles. The molecular weight excluding hydrogens is 525 g/mol. The highest BCUT2D eigenvalue weighted by atomic mass is 32.1. The van der Waals surface area contributed by atoms with Crippen LogP contribution in [0.1, 0.15) is 36.8 Å². The molecule has 2 aromatic carbocycles. The Hall–Kier alpha value is -4.64. The maximum Gasteiger partial charge on any atom is 0.338 e. The molecule has 0 aliphatic carbocycles. The summed E-state index contributed by atoms with van der Waals surface area (Å²) in [6, 6.07) is 12.9. The number of nitro benzene ring substituents is 1. The molecule has 1 aliphatic heterocycles. The molecule has 0 amide bonds. The van der Waals surface area contributed by atoms with Gasteiger partial charge in [-0.15, -0.1) is 0 Å². The smallest absolute Gasteiger partial charge is 0.338 e. The minimum absolute atomic E-state index is 0.0210. The van der Waals surface area contributed by atoms with E-state index in [2.05, 4.69) is 4.99 Å². The van der Waals surface area contributed by atoms with Crippen LogP contribution in [0.3, 0.4) is 0 Å². The van der Waals surface area contributed by atoms with E-state index in [9.17, 15) is 24.1 Å². The predicted molar refractivity (Wildman–Crippen MR) is 142 cm³/mol. The Labute approximate surface area is 225 Å². The van der Waals surface area contributed by atoms with Crippen molar-refractivity contribution >= 4 is 29.1 Å². The number of allylic oxidation sites excluding steroid dienone is 1. The summed E-state index contributed by atoms with van der Waals surface area (Å²) in [5, 5.41) is 11.3. The zero-order valence-electron chi connectivity index (χ0n) is 21.1. The number of hydrogen-bond acceptors (Lipinski definition) is 8. The number of esters is 1. The lowest BCUT2D eigenvalue weighted by molar-refractivity contribution is -0.385. The molecule has 0 saturated heterocycles. The second-order valence-corrected chi connectivity index (χ2v) is 9.82. The van der Waals surface area contributed by atoms with E-state index in [4.69, 9.17) is 9.15 Å². The summed E-state index contributed by atoms with van der Waals surface area (Å²) in [7, 11) is 0. The van der Waals surface area contributed by atoms with Gasteiger partial charge in [0.1, 0.15) is 17.3 Å². The average Bonchev–Trinajstić information content (AvgIpc) is 3.48. The topological polar surface area (TPSA) is 117 Å². The number of rotatable bonds is 6. The van der Waals surface area contributed by atoms with Crippen LogP contribution < -0.4 is 14.9 Å². The van der Waals surface area contributed by atoms with Crippen molar-refractivity contribution in [2.75, 3.05) is 6.61 Å². The van der Waals surface area contributed by atoms with Gasteiger partial charge in [0.2, 0.25) is 0 Å². The monoisotopic (exact) mass is 547 g/mol. The van der Waals surface area contributed by atoms with Crippen molar-refractivity contribution in [3.05, 3.63) is 118 Å². The molecule has 0 saturated carbocycles. The van der Waals surface area contributed by atoms with Gasteiger partial charge >= 0.3 is 5.97 Å². The summed E-state index contributed by atoms with van der Waals surface area (Å²) >= 11 is 1.12. The maximum atomic E-state index is 13.7. The third-order valence-electron chi connectivity index (χ3n) is 6.29. The molecule has 0 N–H and O–H groups in total. The van der Waals surface area contributed by atoms with Gasteiger partial charge in [-0.25, -0.2) is 14.2 Å². The van der Waals surface area contributed by atoms with Crippen molar-refractivity contribution in [1.82, 2.24) is 4.57 Å². The van der Waals surface area contributed by atoms with Crippen molar-refractivity contribution in [3.63, 3.8) is 0 Å². The van der Waals surface area contributed by atoms with E-state index in [-0.39, 0.29) is 17.9 Å². The highest BCUT2D eigenvalue weighted by Crippen LogP contribution is 2.31. The zero-order valence-corrected chi connectivity index (χ0v) is 22.0. The van der Waals surface area contributed by atoms with E-state index in [1.54, 1.807) is 51.1 Å². The number of hydrogen-bond donors (Lipinski definition) is 0. The Balaban J connectivity index is 1.61. The highest BCUT2D eigenvalue weighted by molar-refractivity contribution is 7.07. The number of halogens is 1. The van der Waals surface area contributed by atoms with Gasteiger partial charge in [0.25, 0.3) is 11.2 Å². The molecule has 1 aliphatic rings. The number of aryl methyl sites for hydroxylation is 1. The fourth-order valence-corrected chi connectivity index (χ4v) is 5.45. The van der Waals surface area contributed by atoms with Crippen LogP contribution in [0.15, 0.2) is 80.1 Å². The number of fused-ring (bicyclic) bond motifs is 1. The van der Waals surface area contributed by atoms with Gasteiger partial charge in [-0.05, 0) is 50.6 Å². The molecule has 0 unspecified atom stereocenters. The van der Waals surface area contributed by atoms with E-state index in [0.29, 0.717) is 43.2 Å². The lowest BCUT2D eigenvalue weighted by Crippen LogP contribution is -2.39. The Bertz CT molecular complexity index is 1830. The minimum atomic E-state index is -0.858. The fraction of sp³-hybridized carbons (Fsp3) is 0.179. The quantitative estimate of drug-likeness (QED) is 0.201. The largest absolute Gasteiger partial charge is 0.463 e. The lowest BCUT2D eigenvalue weighted by Gasteiger charge is -2.24. The zero-order chi connectivity index (χ0) is 27.8. The standard InChI is InChI=1S/C28H22FN3O6S/c1-4-37-27(34)24-16(3)30-28-31(25(24)17-7-9-19(29)10-8-17)26(33)23(39-28)14-20-11-12-22(38-20)18-6-5-15(2)21(13-18)32(35)36/h5-14,25H,4H2,1-3H3/b23-14-/t25-/m1/s1. The third-order valence-corrected chi connectivity index (χ3v) is 7.28. The van der Waals surface area contributed by atoms with Gasteiger partial charge in [0.15, 0.2) is 4.80 Å². The molecule has 3 heterocycles. The van der Waals surface area contributed by atoms with E-state index in [1.165, 1.54) is 34.9 Å². The molecule has 0 radical (unpaired) electrons. The molecular formula is C28H22FN3O6S. The molecule has 11 heteroatoms. The molecule has 1 atom stereocenters. The number of aromatic nitrogens is 1. The summed E-state index contributed by atoms with van der Waals surface area (Å²) in [6.07, 6.45) is 1.56. The van der Waals surface area contributed by atoms with Crippen LogP contribution in [0.2, 0.25) is 0 Å². The van der Waals surface area contributed by atoms with Gasteiger partial charge in [-0.1, -0.05) is 35.6 Å². The number of benzene rings is 2. The summed E-state index contributed by atoms with van der Waals surface area (Å²) in [4.78, 5) is 42.3. The van der Waals surface area contributed by atoms with E-state index in [0.717, 1.165) is 11.3 Å². The van der Waals surface area contributed by atoms with Crippen molar-refractivity contribution in [2.24, 2.45) is 4.99 Å². The molecule has 5 rings (SSSR count). The highest BCUT2D eigenvalue weighted by Gasteiger charge is 2.33. The molecule has 39 heavy (non-hydrogen) atoms. The molecule has 4 aromatic rings. The Morgan fingerprint density at radius 1 is 1.21 bits per heavy atom. The van der Waals surface area contributed by atoms with Crippen LogP contribution >= 0.6 is 11.3 Å². The van der Waals surface area contributed by atoms with Gasteiger partial charge in [-0.2, -0.15) is 0 Å². The SMILES string of the molecule is CCOC(=O)C1=C(C)N=c2s/c(=C\c3ccc(-c4ccc(C)c([N+](=O)[O-])c4)o3)c(=O)n2[C@@H]1c1ccc(F)cc1. The minimum Gasteiger partial charge on any atom is -0.463 e. The van der Waals surface area contributed by atoms with Gasteiger partial charge < -0.3 is 9.15 Å². The Morgan fingerprint density at radius 2 is 1.95 bits per heavy atom. The number of furan rings is 1. The Morgan fingerprint density at radius 3 is 2.64 bits per heavy atom. The second-order valence-electron chi connectivity index (χ2n) is 8.81. The number of carbonyl (C=O) groups excluding carboxylic acids is 1. The normalized spacial score (nSPS) is 15.2. The first-order chi connectivity index (χ1) is 18.7. The van der Waals surface area contributed by atoms with Crippen LogP contribution in [0, 0.1) is 22.9 Å². The molecule has 0 spiro atoms. The third kappa shape index (κ3) is 4.84. The van der Waals surface area contributed by atoms with E-state index < -0.39 is 28.3 Å². The van der Waals surface area contributed by atoms with Crippen LogP contribution in [-0.4, -0.2) is 22.1 Å². The fourth-order valence-electron chi connectivity index (χ4n) is 4.43. The number of thiazole rings is 1. The average molecular weight is 548 g/mol. The second kappa shape index (κ2) is 10.3. The molecule has 0 bridgehead atoms. The molecule has 0 fully saturated rings. The first-order valence-electron chi connectivity index (χ1n) is 12.0. The number of nitro groups is 1. The molecule has 9 nitrogen and oxygen atoms in total. The lowest BCUT2D eigenvalue weighted by atomic mass is 9.96. The number of ether oxygens (including phenoxy) is 1. The van der Waals surface area contributed by atoms with Gasteiger partial charge in [0, 0.05) is 23.3 Å². The summed E-state index contributed by atoms with van der Waals surface area (Å²) in [5.74, 6) is -0.290.